The fraction of sp³-hybridized carbons (Fsp3) is 0.435. The van der Waals surface area contributed by atoms with Crippen molar-refractivity contribution < 1.29 is 22.3 Å². The fourth-order valence-corrected chi connectivity index (χ4v) is 5.35. The summed E-state index contributed by atoms with van der Waals surface area (Å²) < 4.78 is 44.1. The van der Waals surface area contributed by atoms with Crippen LogP contribution in [0.4, 0.5) is 4.39 Å². The number of likely N-dealkylation sites (tertiary alicyclic amines) is 1. The number of ether oxygens (including phenoxy) is 1. The zero-order valence-corrected chi connectivity index (χ0v) is 18.0. The number of rotatable bonds is 8. The zero-order chi connectivity index (χ0) is 21.6. The maximum Gasteiger partial charge on any atom is 0.222 e. The van der Waals surface area contributed by atoms with E-state index in [1.807, 2.05) is 24.3 Å². The predicted octanol–water partition coefficient (Wildman–Crippen LogP) is 4.01. The molecule has 0 spiro atoms. The molecular weight excluding hydrogens is 405 g/mol. The fourth-order valence-electron chi connectivity index (χ4n) is 3.61. The molecule has 0 radical (unpaired) electrons. The zero-order valence-electron chi connectivity index (χ0n) is 17.2. The van der Waals surface area contributed by atoms with E-state index in [2.05, 4.69) is 6.92 Å². The third-order valence-electron chi connectivity index (χ3n) is 5.40. The lowest BCUT2D eigenvalue weighted by Gasteiger charge is -2.32. The average Bonchev–Trinajstić information content (AvgIpc) is 2.77. The van der Waals surface area contributed by atoms with Gasteiger partial charge in [-0.05, 0) is 67.6 Å². The van der Waals surface area contributed by atoms with Gasteiger partial charge in [0.05, 0.1) is 16.8 Å². The van der Waals surface area contributed by atoms with Gasteiger partial charge in [0.2, 0.25) is 5.91 Å². The third kappa shape index (κ3) is 5.59. The summed E-state index contributed by atoms with van der Waals surface area (Å²) in [5, 5.41) is -0.539. The van der Waals surface area contributed by atoms with E-state index >= 15 is 0 Å². The Hall–Kier alpha value is -2.41. The van der Waals surface area contributed by atoms with Gasteiger partial charge in [-0.3, -0.25) is 4.79 Å². The van der Waals surface area contributed by atoms with Crippen LogP contribution in [0, 0.1) is 5.82 Å². The monoisotopic (exact) mass is 433 g/mol. The summed E-state index contributed by atoms with van der Waals surface area (Å²) in [5.74, 6) is 0.410. The van der Waals surface area contributed by atoms with Crippen molar-refractivity contribution in [2.75, 3.05) is 19.7 Å². The van der Waals surface area contributed by atoms with Crippen molar-refractivity contribution in [1.29, 1.82) is 0 Å². The van der Waals surface area contributed by atoms with Gasteiger partial charge in [-0.15, -0.1) is 0 Å². The quantitative estimate of drug-likeness (QED) is 0.590. The van der Waals surface area contributed by atoms with Gasteiger partial charge in [-0.2, -0.15) is 0 Å². The van der Waals surface area contributed by atoms with Crippen LogP contribution in [0.2, 0.25) is 0 Å². The number of benzene rings is 2. The maximum absolute atomic E-state index is 13.1. The Bertz CT molecular complexity index is 934. The second-order valence-corrected chi connectivity index (χ2v) is 9.80. The van der Waals surface area contributed by atoms with Gasteiger partial charge < -0.3 is 9.64 Å². The highest BCUT2D eigenvalue weighted by atomic mass is 32.2. The summed E-state index contributed by atoms with van der Waals surface area (Å²) in [6.45, 7) is 3.59. The molecule has 30 heavy (non-hydrogen) atoms. The second-order valence-electron chi connectivity index (χ2n) is 7.57. The predicted molar refractivity (Wildman–Crippen MR) is 114 cm³/mol. The van der Waals surface area contributed by atoms with E-state index in [4.69, 9.17) is 4.74 Å². The lowest BCUT2D eigenvalue weighted by atomic mass is 10.1. The van der Waals surface area contributed by atoms with Crippen LogP contribution in [0.25, 0.3) is 0 Å². The van der Waals surface area contributed by atoms with Crippen LogP contribution in [0.1, 0.15) is 38.2 Å². The van der Waals surface area contributed by atoms with E-state index in [1.165, 1.54) is 12.1 Å². The Kier molecular flexibility index (Phi) is 7.48. The molecule has 0 aromatic heterocycles. The molecule has 0 bridgehead atoms. The molecule has 0 N–H and O–H groups in total. The van der Waals surface area contributed by atoms with Crippen molar-refractivity contribution in [3.63, 3.8) is 0 Å². The Labute approximate surface area is 177 Å². The highest BCUT2D eigenvalue weighted by Crippen LogP contribution is 2.25. The SMILES string of the molecule is CCCOc1ccc(CCC(=O)N2CCC(S(=O)(=O)c3ccc(F)cc3)CC2)cc1. The number of piperidine rings is 1. The van der Waals surface area contributed by atoms with Crippen molar-refractivity contribution in [2.24, 2.45) is 0 Å². The standard InChI is InChI=1S/C23H28FNO4S/c1-2-17-29-20-8-3-18(4-9-20)5-12-23(26)25-15-13-22(14-16-25)30(27,28)21-10-6-19(24)7-11-21/h3-4,6-11,22H,2,5,12-17H2,1H3. The Balaban J connectivity index is 1.48. The average molecular weight is 434 g/mol. The number of carbonyl (C=O) groups is 1. The van der Waals surface area contributed by atoms with Crippen molar-refractivity contribution in [3.05, 3.63) is 59.9 Å². The van der Waals surface area contributed by atoms with Crippen LogP contribution >= 0.6 is 0 Å². The number of carbonyl (C=O) groups excluding carboxylic acids is 1. The van der Waals surface area contributed by atoms with Crippen LogP contribution in [-0.4, -0.2) is 44.2 Å². The smallest absolute Gasteiger partial charge is 0.222 e. The molecule has 1 amide bonds. The molecule has 0 unspecified atom stereocenters. The molecule has 1 aliphatic rings. The maximum atomic E-state index is 13.1. The highest BCUT2D eigenvalue weighted by Gasteiger charge is 2.32. The van der Waals surface area contributed by atoms with E-state index in [9.17, 15) is 17.6 Å². The minimum atomic E-state index is -3.51. The molecule has 1 aliphatic heterocycles. The molecular formula is C23H28FNO4S. The Morgan fingerprint density at radius 2 is 1.70 bits per heavy atom. The van der Waals surface area contributed by atoms with Gasteiger partial charge in [-0.1, -0.05) is 19.1 Å². The van der Waals surface area contributed by atoms with E-state index in [0.29, 0.717) is 45.4 Å². The highest BCUT2D eigenvalue weighted by molar-refractivity contribution is 7.92. The summed E-state index contributed by atoms with van der Waals surface area (Å²) in [7, 11) is -3.51. The first-order chi connectivity index (χ1) is 14.4. The van der Waals surface area contributed by atoms with Gasteiger partial charge in [0, 0.05) is 19.5 Å². The topological polar surface area (TPSA) is 63.7 Å². The van der Waals surface area contributed by atoms with Gasteiger partial charge >= 0.3 is 0 Å². The van der Waals surface area contributed by atoms with E-state index in [0.717, 1.165) is 29.9 Å². The van der Waals surface area contributed by atoms with Crippen molar-refractivity contribution >= 4 is 15.7 Å². The lowest BCUT2D eigenvalue weighted by Crippen LogP contribution is -2.42. The summed E-state index contributed by atoms with van der Waals surface area (Å²) in [6.07, 6.45) is 2.78. The van der Waals surface area contributed by atoms with Crippen LogP contribution in [0.5, 0.6) is 5.75 Å². The van der Waals surface area contributed by atoms with Gasteiger partial charge in [0.1, 0.15) is 11.6 Å². The molecule has 0 atom stereocenters. The summed E-state index contributed by atoms with van der Waals surface area (Å²) in [4.78, 5) is 14.4. The lowest BCUT2D eigenvalue weighted by molar-refractivity contribution is -0.132. The number of nitrogens with zero attached hydrogens (tertiary/aromatic N) is 1. The molecule has 5 nitrogen and oxygen atoms in total. The van der Waals surface area contributed by atoms with E-state index < -0.39 is 20.9 Å². The summed E-state index contributed by atoms with van der Waals surface area (Å²) >= 11 is 0. The van der Waals surface area contributed by atoms with E-state index in [-0.39, 0.29) is 10.8 Å². The van der Waals surface area contributed by atoms with Gasteiger partial charge in [0.25, 0.3) is 0 Å². The largest absolute Gasteiger partial charge is 0.494 e. The van der Waals surface area contributed by atoms with Gasteiger partial charge in [0.15, 0.2) is 9.84 Å². The van der Waals surface area contributed by atoms with Crippen molar-refractivity contribution in [3.8, 4) is 5.75 Å². The van der Waals surface area contributed by atoms with Crippen molar-refractivity contribution in [2.45, 2.75) is 49.2 Å². The number of aryl methyl sites for hydroxylation is 1. The van der Waals surface area contributed by atoms with Crippen LogP contribution in [0.3, 0.4) is 0 Å². The molecule has 0 aliphatic carbocycles. The molecule has 1 saturated heterocycles. The van der Waals surface area contributed by atoms with Crippen LogP contribution < -0.4 is 4.74 Å². The molecule has 2 aromatic rings. The Morgan fingerprint density at radius 1 is 1.07 bits per heavy atom. The number of sulfone groups is 1. The summed E-state index contributed by atoms with van der Waals surface area (Å²) in [5.41, 5.74) is 1.07. The van der Waals surface area contributed by atoms with Crippen LogP contribution in [0.15, 0.2) is 53.4 Å². The summed E-state index contributed by atoms with van der Waals surface area (Å²) in [6, 6.07) is 12.7. The second kappa shape index (κ2) is 10.1. The van der Waals surface area contributed by atoms with Gasteiger partial charge in [-0.25, -0.2) is 12.8 Å². The first-order valence-corrected chi connectivity index (χ1v) is 11.9. The molecule has 1 fully saturated rings. The minimum absolute atomic E-state index is 0.0407. The normalized spacial score (nSPS) is 15.2. The molecule has 2 aromatic carbocycles. The number of hydrogen-bond acceptors (Lipinski definition) is 4. The molecule has 7 heteroatoms. The number of halogens is 1. The first kappa shape index (κ1) is 22.3. The van der Waals surface area contributed by atoms with Crippen LogP contribution in [-0.2, 0) is 21.1 Å². The molecule has 0 saturated carbocycles. The minimum Gasteiger partial charge on any atom is -0.494 e. The third-order valence-corrected chi connectivity index (χ3v) is 7.68. The van der Waals surface area contributed by atoms with Crippen molar-refractivity contribution in [1.82, 2.24) is 4.90 Å². The molecule has 162 valence electrons. The first-order valence-electron chi connectivity index (χ1n) is 10.4. The van der Waals surface area contributed by atoms with E-state index in [1.54, 1.807) is 4.90 Å². The Morgan fingerprint density at radius 3 is 2.30 bits per heavy atom. The number of hydrogen-bond donors (Lipinski definition) is 0. The number of amides is 1. The molecule has 3 rings (SSSR count). The molecule has 1 heterocycles.